The van der Waals surface area contributed by atoms with Crippen LogP contribution in [0.3, 0.4) is 0 Å². The molecule has 2 aromatic rings. The molecule has 2 unspecified atom stereocenters. The number of nitrogens with zero attached hydrogens (tertiary/aromatic N) is 2. The summed E-state index contributed by atoms with van der Waals surface area (Å²) in [7, 11) is 0. The van der Waals surface area contributed by atoms with E-state index < -0.39 is 0 Å². The first-order chi connectivity index (χ1) is 10.8. The highest BCUT2D eigenvalue weighted by atomic mass is 16.2. The second-order valence-corrected chi connectivity index (χ2v) is 5.91. The van der Waals surface area contributed by atoms with Crippen LogP contribution in [0.25, 0.3) is 10.9 Å². The number of imide groups is 1. The van der Waals surface area contributed by atoms with E-state index in [1.54, 1.807) is 6.20 Å². The molecular formula is C18H16N2O2. The summed E-state index contributed by atoms with van der Waals surface area (Å²) in [6.45, 7) is 0.318. The Hall–Kier alpha value is -2.49. The number of amides is 2. The lowest BCUT2D eigenvalue weighted by Gasteiger charge is -2.15. The molecule has 4 nitrogen and oxygen atoms in total. The number of rotatable bonds is 2. The van der Waals surface area contributed by atoms with Gasteiger partial charge < -0.3 is 0 Å². The first-order valence-electron chi connectivity index (χ1n) is 7.58. The molecule has 4 heteroatoms. The van der Waals surface area contributed by atoms with E-state index in [2.05, 4.69) is 4.98 Å². The third-order valence-corrected chi connectivity index (χ3v) is 4.64. The second kappa shape index (κ2) is 5.05. The van der Waals surface area contributed by atoms with Crippen LogP contribution in [0.5, 0.6) is 0 Å². The van der Waals surface area contributed by atoms with Gasteiger partial charge in [0.25, 0.3) is 0 Å². The van der Waals surface area contributed by atoms with E-state index in [1.165, 1.54) is 4.90 Å². The van der Waals surface area contributed by atoms with Crippen molar-refractivity contribution < 1.29 is 9.59 Å². The van der Waals surface area contributed by atoms with E-state index in [0.717, 1.165) is 16.5 Å². The van der Waals surface area contributed by atoms with Crippen LogP contribution in [0.1, 0.15) is 18.4 Å². The molecule has 0 N–H and O–H groups in total. The molecule has 2 amide bonds. The number of likely N-dealkylation sites (tertiary alicyclic amines) is 1. The predicted octanol–water partition coefficient (Wildman–Crippen LogP) is 2.69. The third kappa shape index (κ3) is 1.95. The van der Waals surface area contributed by atoms with Gasteiger partial charge in [-0.15, -0.1) is 0 Å². The summed E-state index contributed by atoms with van der Waals surface area (Å²) in [4.78, 5) is 30.9. The van der Waals surface area contributed by atoms with Crippen LogP contribution in [0.15, 0.2) is 48.7 Å². The van der Waals surface area contributed by atoms with Crippen molar-refractivity contribution in [2.45, 2.75) is 19.4 Å². The number of para-hydroxylation sites is 1. The standard InChI is InChI=1S/C18H16N2O2/c21-17-14-8-1-2-9-15(14)18(22)20(17)11-13-6-3-5-12-7-4-10-19-16(12)13/h1-7,10,14-15H,8-9,11H2. The minimum Gasteiger partial charge on any atom is -0.278 e. The zero-order valence-electron chi connectivity index (χ0n) is 12.1. The molecule has 0 saturated carbocycles. The zero-order chi connectivity index (χ0) is 15.1. The van der Waals surface area contributed by atoms with Gasteiger partial charge >= 0.3 is 0 Å². The highest BCUT2D eigenvalue weighted by molar-refractivity contribution is 6.05. The van der Waals surface area contributed by atoms with Gasteiger partial charge in [0.05, 0.1) is 23.9 Å². The second-order valence-electron chi connectivity index (χ2n) is 5.91. The van der Waals surface area contributed by atoms with Gasteiger partial charge in [0.1, 0.15) is 0 Å². The molecule has 1 aromatic heterocycles. The first kappa shape index (κ1) is 13.2. The topological polar surface area (TPSA) is 50.3 Å². The van der Waals surface area contributed by atoms with E-state index in [4.69, 9.17) is 0 Å². The van der Waals surface area contributed by atoms with Crippen LogP contribution in [0, 0.1) is 11.8 Å². The number of fused-ring (bicyclic) bond motifs is 2. The molecule has 0 spiro atoms. The average Bonchev–Trinajstić information content (AvgIpc) is 2.81. The molecule has 1 aliphatic heterocycles. The van der Waals surface area contributed by atoms with Crippen molar-refractivity contribution in [1.29, 1.82) is 0 Å². The maximum atomic E-state index is 12.5. The molecular weight excluding hydrogens is 276 g/mol. The van der Waals surface area contributed by atoms with Crippen molar-refractivity contribution in [2.24, 2.45) is 11.8 Å². The molecule has 0 radical (unpaired) electrons. The quantitative estimate of drug-likeness (QED) is 0.631. The molecule has 110 valence electrons. The van der Waals surface area contributed by atoms with Crippen LogP contribution >= 0.6 is 0 Å². The Balaban J connectivity index is 1.68. The van der Waals surface area contributed by atoms with Gasteiger partial charge in [-0.05, 0) is 24.5 Å². The van der Waals surface area contributed by atoms with Crippen molar-refractivity contribution >= 4 is 22.7 Å². The molecule has 2 atom stereocenters. The number of hydrogen-bond acceptors (Lipinski definition) is 3. The Morgan fingerprint density at radius 1 is 1.00 bits per heavy atom. The molecule has 4 rings (SSSR count). The van der Waals surface area contributed by atoms with E-state index in [9.17, 15) is 9.59 Å². The van der Waals surface area contributed by atoms with Crippen LogP contribution in [-0.4, -0.2) is 21.7 Å². The van der Waals surface area contributed by atoms with E-state index in [1.807, 2.05) is 42.5 Å². The van der Waals surface area contributed by atoms with Gasteiger partial charge in [-0.3, -0.25) is 19.5 Å². The Morgan fingerprint density at radius 3 is 2.41 bits per heavy atom. The lowest BCUT2D eigenvalue weighted by atomic mass is 9.85. The third-order valence-electron chi connectivity index (χ3n) is 4.64. The van der Waals surface area contributed by atoms with Gasteiger partial charge in [0.2, 0.25) is 11.8 Å². The van der Waals surface area contributed by atoms with Gasteiger partial charge in [-0.2, -0.15) is 0 Å². The predicted molar refractivity (Wildman–Crippen MR) is 82.7 cm³/mol. The number of allylic oxidation sites excluding steroid dienone is 2. The summed E-state index contributed by atoms with van der Waals surface area (Å²) in [5, 5.41) is 1.03. The van der Waals surface area contributed by atoms with Gasteiger partial charge in [0, 0.05) is 11.6 Å². The molecule has 1 aliphatic carbocycles. The average molecular weight is 292 g/mol. The summed E-state index contributed by atoms with van der Waals surface area (Å²) in [5.74, 6) is -0.402. The number of hydrogen-bond donors (Lipinski definition) is 0. The molecule has 22 heavy (non-hydrogen) atoms. The smallest absolute Gasteiger partial charge is 0.233 e. The Labute approximate surface area is 128 Å². The SMILES string of the molecule is O=C1C2CC=CCC2C(=O)N1Cc1cccc2cccnc12. The van der Waals surface area contributed by atoms with Crippen LogP contribution < -0.4 is 0 Å². The zero-order valence-corrected chi connectivity index (χ0v) is 12.1. The van der Waals surface area contributed by atoms with Crippen molar-refractivity contribution in [3.63, 3.8) is 0 Å². The summed E-state index contributed by atoms with van der Waals surface area (Å²) in [6, 6.07) is 9.75. The number of benzene rings is 1. The maximum Gasteiger partial charge on any atom is 0.233 e. The van der Waals surface area contributed by atoms with E-state index in [0.29, 0.717) is 19.4 Å². The summed E-state index contributed by atoms with van der Waals surface area (Å²) >= 11 is 0. The number of pyridine rings is 1. The lowest BCUT2D eigenvalue weighted by Crippen LogP contribution is -2.30. The Bertz CT molecular complexity index is 765. The van der Waals surface area contributed by atoms with Gasteiger partial charge in [0.15, 0.2) is 0 Å². The van der Waals surface area contributed by atoms with Crippen LogP contribution in [-0.2, 0) is 16.1 Å². The van der Waals surface area contributed by atoms with Crippen LogP contribution in [0.2, 0.25) is 0 Å². The first-order valence-corrected chi connectivity index (χ1v) is 7.58. The number of carbonyl (C=O) groups is 2. The molecule has 1 saturated heterocycles. The van der Waals surface area contributed by atoms with Crippen molar-refractivity contribution in [2.75, 3.05) is 0 Å². The Kier molecular flexibility index (Phi) is 3.03. The fourth-order valence-corrected chi connectivity index (χ4v) is 3.49. The van der Waals surface area contributed by atoms with Gasteiger partial charge in [-0.25, -0.2) is 0 Å². The maximum absolute atomic E-state index is 12.5. The Morgan fingerprint density at radius 2 is 1.68 bits per heavy atom. The monoisotopic (exact) mass is 292 g/mol. The highest BCUT2D eigenvalue weighted by Gasteiger charge is 2.47. The summed E-state index contributed by atoms with van der Waals surface area (Å²) in [6.07, 6.45) is 7.12. The molecule has 1 aromatic carbocycles. The fraction of sp³-hybridized carbons (Fsp3) is 0.278. The normalized spacial score (nSPS) is 24.1. The summed E-state index contributed by atoms with van der Waals surface area (Å²) in [5.41, 5.74) is 1.78. The number of carbonyl (C=O) groups excluding carboxylic acids is 2. The highest BCUT2D eigenvalue weighted by Crippen LogP contribution is 2.36. The lowest BCUT2D eigenvalue weighted by molar-refractivity contribution is -0.140. The molecule has 0 bridgehead atoms. The largest absolute Gasteiger partial charge is 0.278 e. The minimum absolute atomic E-state index is 0.0349. The molecule has 1 fully saturated rings. The fourth-order valence-electron chi connectivity index (χ4n) is 3.49. The van der Waals surface area contributed by atoms with Crippen molar-refractivity contribution in [3.8, 4) is 0 Å². The number of aromatic nitrogens is 1. The van der Waals surface area contributed by atoms with E-state index in [-0.39, 0.29) is 23.7 Å². The molecule has 2 heterocycles. The minimum atomic E-state index is -0.166. The van der Waals surface area contributed by atoms with Gasteiger partial charge in [-0.1, -0.05) is 36.4 Å². The van der Waals surface area contributed by atoms with E-state index >= 15 is 0 Å². The summed E-state index contributed by atoms with van der Waals surface area (Å²) < 4.78 is 0. The van der Waals surface area contributed by atoms with Crippen molar-refractivity contribution in [3.05, 3.63) is 54.2 Å². The molecule has 2 aliphatic rings. The van der Waals surface area contributed by atoms with Crippen LogP contribution in [0.4, 0.5) is 0 Å². The van der Waals surface area contributed by atoms with Crippen molar-refractivity contribution in [1.82, 2.24) is 9.88 Å².